The molecule has 0 spiro atoms. The topological polar surface area (TPSA) is 67.9 Å². The van der Waals surface area contributed by atoms with Crippen molar-refractivity contribution in [2.24, 2.45) is 0 Å². The molecule has 0 radical (unpaired) electrons. The monoisotopic (exact) mass is 354 g/mol. The van der Waals surface area contributed by atoms with E-state index < -0.39 is 17.7 Å². The quantitative estimate of drug-likeness (QED) is 0.844. The van der Waals surface area contributed by atoms with Crippen LogP contribution >= 0.6 is 11.6 Å². The number of carbonyl (C=O) groups excluding carboxylic acids is 2. The molecule has 0 saturated carbocycles. The largest absolute Gasteiger partial charge is 0.465 e. The average Bonchev–Trinajstić information content (AvgIpc) is 2.92. The number of hydrogen-bond acceptors (Lipinski definition) is 5. The summed E-state index contributed by atoms with van der Waals surface area (Å²) in [6.45, 7) is 6.74. The lowest BCUT2D eigenvalue weighted by molar-refractivity contribution is 0.0507. The first kappa shape index (κ1) is 18.4. The van der Waals surface area contributed by atoms with Gasteiger partial charge in [0.15, 0.2) is 0 Å². The second-order valence-corrected chi connectivity index (χ2v) is 7.17. The van der Waals surface area contributed by atoms with Gasteiger partial charge < -0.3 is 19.7 Å². The molecule has 1 atom stereocenters. The van der Waals surface area contributed by atoms with Crippen molar-refractivity contribution in [2.75, 3.05) is 25.1 Å². The van der Waals surface area contributed by atoms with E-state index in [0.717, 1.165) is 6.42 Å². The minimum atomic E-state index is -0.534. The summed E-state index contributed by atoms with van der Waals surface area (Å²) in [7, 11) is 1.34. The Bertz CT molecular complexity index is 628. The molecular formula is C17H23ClN2O4. The molecule has 1 saturated heterocycles. The number of halogens is 1. The Morgan fingerprint density at radius 1 is 1.33 bits per heavy atom. The molecule has 7 heteroatoms. The number of amides is 1. The van der Waals surface area contributed by atoms with E-state index in [4.69, 9.17) is 21.1 Å². The van der Waals surface area contributed by atoms with Crippen LogP contribution in [0.4, 0.5) is 10.5 Å². The maximum Gasteiger partial charge on any atom is 0.407 e. The highest BCUT2D eigenvalue weighted by Gasteiger charge is 2.28. The van der Waals surface area contributed by atoms with Crippen molar-refractivity contribution in [2.45, 2.75) is 38.8 Å². The lowest BCUT2D eigenvalue weighted by Crippen LogP contribution is -2.40. The van der Waals surface area contributed by atoms with Crippen LogP contribution in [0, 0.1) is 0 Å². The van der Waals surface area contributed by atoms with E-state index in [9.17, 15) is 9.59 Å². The third-order valence-corrected chi connectivity index (χ3v) is 3.85. The molecule has 2 rings (SSSR count). The summed E-state index contributed by atoms with van der Waals surface area (Å²) in [6.07, 6.45) is 0.320. The van der Waals surface area contributed by atoms with Gasteiger partial charge in [-0.3, -0.25) is 0 Å². The molecule has 1 amide bonds. The van der Waals surface area contributed by atoms with Crippen molar-refractivity contribution in [1.29, 1.82) is 0 Å². The number of alkyl carbamates (subject to hydrolysis) is 1. The van der Waals surface area contributed by atoms with Crippen molar-refractivity contribution in [3.63, 3.8) is 0 Å². The molecule has 0 bridgehead atoms. The van der Waals surface area contributed by atoms with Crippen LogP contribution in [0.25, 0.3) is 0 Å². The number of esters is 1. The first-order valence-electron chi connectivity index (χ1n) is 7.82. The predicted octanol–water partition coefficient (Wildman–Crippen LogP) is 3.23. The zero-order chi connectivity index (χ0) is 17.9. The second-order valence-electron chi connectivity index (χ2n) is 6.73. The summed E-state index contributed by atoms with van der Waals surface area (Å²) in [6, 6.07) is 5.00. The van der Waals surface area contributed by atoms with Gasteiger partial charge >= 0.3 is 12.1 Å². The fourth-order valence-corrected chi connectivity index (χ4v) is 2.79. The second kappa shape index (κ2) is 7.30. The van der Waals surface area contributed by atoms with Crippen LogP contribution in [0.5, 0.6) is 0 Å². The molecule has 1 aromatic carbocycles. The zero-order valence-electron chi connectivity index (χ0n) is 14.4. The summed E-state index contributed by atoms with van der Waals surface area (Å²) in [5.41, 5.74) is 0.635. The number of nitrogens with zero attached hydrogens (tertiary/aromatic N) is 1. The predicted molar refractivity (Wildman–Crippen MR) is 92.8 cm³/mol. The first-order valence-corrected chi connectivity index (χ1v) is 8.20. The van der Waals surface area contributed by atoms with Crippen molar-refractivity contribution >= 4 is 29.4 Å². The maximum absolute atomic E-state index is 11.9. The van der Waals surface area contributed by atoms with Gasteiger partial charge in [0, 0.05) is 18.1 Å². The highest BCUT2D eigenvalue weighted by molar-refractivity contribution is 6.31. The van der Waals surface area contributed by atoms with Gasteiger partial charge in [0.2, 0.25) is 0 Å². The van der Waals surface area contributed by atoms with Gasteiger partial charge in [-0.15, -0.1) is 0 Å². The minimum absolute atomic E-state index is 0.0515. The summed E-state index contributed by atoms with van der Waals surface area (Å²) < 4.78 is 10.1. The lowest BCUT2D eigenvalue weighted by atomic mass is 10.1. The van der Waals surface area contributed by atoms with Crippen LogP contribution < -0.4 is 10.2 Å². The summed E-state index contributed by atoms with van der Waals surface area (Å²) in [4.78, 5) is 25.8. The van der Waals surface area contributed by atoms with Crippen LogP contribution in [-0.4, -0.2) is 43.9 Å². The van der Waals surface area contributed by atoms with E-state index in [2.05, 4.69) is 5.32 Å². The molecule has 24 heavy (non-hydrogen) atoms. The Morgan fingerprint density at radius 3 is 2.67 bits per heavy atom. The van der Waals surface area contributed by atoms with E-state index in [1.54, 1.807) is 18.2 Å². The number of ether oxygens (including phenoxy) is 2. The van der Waals surface area contributed by atoms with Crippen LogP contribution in [0.2, 0.25) is 5.02 Å². The highest BCUT2D eigenvalue weighted by atomic mass is 35.5. The molecule has 132 valence electrons. The molecule has 1 heterocycles. The van der Waals surface area contributed by atoms with E-state index >= 15 is 0 Å². The summed E-state index contributed by atoms with van der Waals surface area (Å²) in [5, 5.41) is 3.40. The summed E-state index contributed by atoms with van der Waals surface area (Å²) >= 11 is 6.07. The maximum atomic E-state index is 11.9. The number of carbonyl (C=O) groups is 2. The Morgan fingerprint density at radius 2 is 2.04 bits per heavy atom. The molecule has 1 unspecified atom stereocenters. The number of methoxy groups -OCH3 is 1. The van der Waals surface area contributed by atoms with E-state index in [-0.39, 0.29) is 6.04 Å². The molecule has 0 aliphatic carbocycles. The van der Waals surface area contributed by atoms with E-state index in [1.165, 1.54) is 7.11 Å². The standard InChI is InChI=1S/C17H23ClN2O4/c1-17(2,3)24-16(22)19-12-7-8-20(10-12)14-9-11(18)5-6-13(14)15(21)23-4/h5-6,9,12H,7-8,10H2,1-4H3,(H,19,22). The Kier molecular flexibility index (Phi) is 5.59. The van der Waals surface area contributed by atoms with Crippen LogP contribution in [0.15, 0.2) is 18.2 Å². The minimum Gasteiger partial charge on any atom is -0.465 e. The number of anilines is 1. The van der Waals surface area contributed by atoms with Crippen molar-refractivity contribution in [3.8, 4) is 0 Å². The number of hydrogen-bond donors (Lipinski definition) is 1. The van der Waals surface area contributed by atoms with Crippen molar-refractivity contribution < 1.29 is 19.1 Å². The SMILES string of the molecule is COC(=O)c1ccc(Cl)cc1N1CCC(NC(=O)OC(C)(C)C)C1. The zero-order valence-corrected chi connectivity index (χ0v) is 15.1. The molecule has 1 aromatic rings. The Balaban J connectivity index is 2.07. The number of rotatable bonds is 3. The average molecular weight is 355 g/mol. The number of nitrogens with one attached hydrogen (secondary N) is 1. The van der Waals surface area contributed by atoms with E-state index in [1.807, 2.05) is 25.7 Å². The highest BCUT2D eigenvalue weighted by Crippen LogP contribution is 2.28. The van der Waals surface area contributed by atoms with Crippen LogP contribution in [-0.2, 0) is 9.47 Å². The fourth-order valence-electron chi connectivity index (χ4n) is 2.62. The van der Waals surface area contributed by atoms with Crippen molar-refractivity contribution in [3.05, 3.63) is 28.8 Å². The molecule has 1 N–H and O–H groups in total. The van der Waals surface area contributed by atoms with Crippen molar-refractivity contribution in [1.82, 2.24) is 5.32 Å². The third-order valence-electron chi connectivity index (χ3n) is 3.61. The van der Waals surface area contributed by atoms with Gasteiger partial charge in [-0.1, -0.05) is 11.6 Å². The van der Waals surface area contributed by atoms with E-state index in [0.29, 0.717) is 29.4 Å². The van der Waals surface area contributed by atoms with Gasteiger partial charge in [-0.05, 0) is 45.4 Å². The Hall–Kier alpha value is -1.95. The molecule has 1 fully saturated rings. The third kappa shape index (κ3) is 4.77. The van der Waals surface area contributed by atoms with Crippen LogP contribution in [0.3, 0.4) is 0 Å². The molecular weight excluding hydrogens is 332 g/mol. The normalized spacial score (nSPS) is 17.5. The molecule has 6 nitrogen and oxygen atoms in total. The van der Waals surface area contributed by atoms with Gasteiger partial charge in [-0.2, -0.15) is 0 Å². The van der Waals surface area contributed by atoms with Gasteiger partial charge in [0.25, 0.3) is 0 Å². The van der Waals surface area contributed by atoms with Gasteiger partial charge in [0.1, 0.15) is 5.60 Å². The first-order chi connectivity index (χ1) is 11.2. The lowest BCUT2D eigenvalue weighted by Gasteiger charge is -2.23. The van der Waals surface area contributed by atoms with Crippen LogP contribution in [0.1, 0.15) is 37.6 Å². The molecule has 1 aliphatic heterocycles. The Labute approximate surface area is 147 Å². The number of benzene rings is 1. The summed E-state index contributed by atoms with van der Waals surface area (Å²) in [5.74, 6) is -0.412. The van der Waals surface area contributed by atoms with Gasteiger partial charge in [-0.25, -0.2) is 9.59 Å². The van der Waals surface area contributed by atoms with Gasteiger partial charge in [0.05, 0.1) is 24.4 Å². The fraction of sp³-hybridized carbons (Fsp3) is 0.529. The smallest absolute Gasteiger partial charge is 0.407 e. The molecule has 1 aliphatic rings. The molecule has 0 aromatic heterocycles.